The first-order valence-corrected chi connectivity index (χ1v) is 6.68. The van der Waals surface area contributed by atoms with Gasteiger partial charge in [-0.2, -0.15) is 10.4 Å². The molecular formula is C16H10N6. The molecule has 6 heteroatoms. The normalized spacial score (nSPS) is 10.7. The Bertz CT molecular complexity index is 1000. The summed E-state index contributed by atoms with van der Waals surface area (Å²) < 4.78 is 1.80. The molecule has 0 saturated carbocycles. The molecule has 6 nitrogen and oxygen atoms in total. The number of hydrogen-bond acceptors (Lipinski definition) is 4. The summed E-state index contributed by atoms with van der Waals surface area (Å²) in [4.78, 5) is 11.4. The van der Waals surface area contributed by atoms with Crippen molar-refractivity contribution >= 4 is 11.0 Å². The Hall–Kier alpha value is -3.46. The Morgan fingerprint density at radius 1 is 1.14 bits per heavy atom. The molecule has 4 rings (SSSR count). The molecule has 1 N–H and O–H groups in total. The number of nitrogens with one attached hydrogen (secondary N) is 1. The molecular weight excluding hydrogens is 276 g/mol. The number of hydrogen-bond donors (Lipinski definition) is 1. The number of fused-ring (bicyclic) bond motifs is 1. The molecule has 104 valence electrons. The number of nitriles is 1. The van der Waals surface area contributed by atoms with Gasteiger partial charge in [-0.1, -0.05) is 0 Å². The van der Waals surface area contributed by atoms with Gasteiger partial charge >= 0.3 is 0 Å². The smallest absolute Gasteiger partial charge is 0.139 e. The van der Waals surface area contributed by atoms with Crippen LogP contribution in [0.2, 0.25) is 0 Å². The van der Waals surface area contributed by atoms with Crippen LogP contribution < -0.4 is 0 Å². The van der Waals surface area contributed by atoms with Crippen molar-refractivity contribution in [2.24, 2.45) is 0 Å². The van der Waals surface area contributed by atoms with Gasteiger partial charge in [0.25, 0.3) is 0 Å². The molecule has 0 aliphatic rings. The first-order valence-electron chi connectivity index (χ1n) is 6.68. The molecule has 0 atom stereocenters. The fourth-order valence-electron chi connectivity index (χ4n) is 2.41. The van der Waals surface area contributed by atoms with Crippen molar-refractivity contribution in [2.75, 3.05) is 0 Å². The highest BCUT2D eigenvalue weighted by Gasteiger charge is 2.08. The Kier molecular flexibility index (Phi) is 2.70. The van der Waals surface area contributed by atoms with Crippen LogP contribution in [0.25, 0.3) is 27.8 Å². The Labute approximate surface area is 125 Å². The van der Waals surface area contributed by atoms with Crippen LogP contribution in [0.15, 0.2) is 55.4 Å². The predicted octanol–water partition coefficient (Wildman–Crippen LogP) is 2.68. The molecule has 0 fully saturated rings. The van der Waals surface area contributed by atoms with Crippen LogP contribution in [-0.4, -0.2) is 24.7 Å². The third kappa shape index (κ3) is 1.93. The molecule has 0 aliphatic heterocycles. The monoisotopic (exact) mass is 286 g/mol. The molecule has 0 spiro atoms. The minimum Gasteiger partial charge on any atom is -0.346 e. The van der Waals surface area contributed by atoms with Gasteiger partial charge in [-0.15, -0.1) is 0 Å². The predicted molar refractivity (Wildman–Crippen MR) is 81.2 cm³/mol. The van der Waals surface area contributed by atoms with Crippen molar-refractivity contribution in [1.29, 1.82) is 5.26 Å². The van der Waals surface area contributed by atoms with E-state index in [4.69, 9.17) is 5.26 Å². The zero-order valence-electron chi connectivity index (χ0n) is 11.4. The van der Waals surface area contributed by atoms with E-state index in [9.17, 15) is 0 Å². The van der Waals surface area contributed by atoms with Gasteiger partial charge in [0.15, 0.2) is 0 Å². The van der Waals surface area contributed by atoms with E-state index in [1.165, 1.54) is 0 Å². The van der Waals surface area contributed by atoms with E-state index in [0.29, 0.717) is 5.56 Å². The molecule has 0 radical (unpaired) electrons. The molecule has 0 bridgehead atoms. The van der Waals surface area contributed by atoms with Crippen molar-refractivity contribution in [1.82, 2.24) is 24.7 Å². The van der Waals surface area contributed by atoms with Crippen LogP contribution in [0.1, 0.15) is 5.56 Å². The summed E-state index contributed by atoms with van der Waals surface area (Å²) in [6, 6.07) is 7.78. The maximum absolute atomic E-state index is 8.97. The van der Waals surface area contributed by atoms with Gasteiger partial charge in [-0.3, -0.25) is 4.98 Å². The van der Waals surface area contributed by atoms with E-state index in [0.717, 1.165) is 27.8 Å². The second-order valence-corrected chi connectivity index (χ2v) is 4.82. The molecule has 0 aromatic carbocycles. The first-order chi connectivity index (χ1) is 10.8. The van der Waals surface area contributed by atoms with Gasteiger partial charge < -0.3 is 4.98 Å². The van der Waals surface area contributed by atoms with E-state index in [1.54, 1.807) is 35.5 Å². The topological polar surface area (TPSA) is 83.2 Å². The Morgan fingerprint density at radius 2 is 2.09 bits per heavy atom. The van der Waals surface area contributed by atoms with Gasteiger partial charge in [-0.05, 0) is 18.2 Å². The zero-order chi connectivity index (χ0) is 14.9. The molecule has 0 amide bonds. The summed E-state index contributed by atoms with van der Waals surface area (Å²) in [5, 5.41) is 14.4. The van der Waals surface area contributed by atoms with E-state index in [1.807, 2.05) is 24.5 Å². The standard InChI is InChI=1S/C16H10N6/c17-6-11-5-12(8-18-7-11)13-9-21-22(10-13)15-2-4-20-16-14(15)1-3-19-16/h1-5,7-10H,(H,19,20). The van der Waals surface area contributed by atoms with Crippen molar-refractivity contribution in [3.8, 4) is 22.9 Å². The molecule has 0 unspecified atom stereocenters. The van der Waals surface area contributed by atoms with Crippen molar-refractivity contribution in [2.45, 2.75) is 0 Å². The molecule has 4 aromatic rings. The zero-order valence-corrected chi connectivity index (χ0v) is 11.4. The van der Waals surface area contributed by atoms with Gasteiger partial charge in [0.1, 0.15) is 11.7 Å². The van der Waals surface area contributed by atoms with E-state index < -0.39 is 0 Å². The second-order valence-electron chi connectivity index (χ2n) is 4.82. The molecule has 0 saturated heterocycles. The Balaban J connectivity index is 1.81. The SMILES string of the molecule is N#Cc1cncc(-c2cnn(-c3ccnc4[nH]ccc34)c2)c1. The highest BCUT2D eigenvalue weighted by Crippen LogP contribution is 2.23. The summed E-state index contributed by atoms with van der Waals surface area (Å²) in [6.45, 7) is 0. The lowest BCUT2D eigenvalue weighted by molar-refractivity contribution is 0.886. The fraction of sp³-hybridized carbons (Fsp3) is 0. The summed E-state index contributed by atoms with van der Waals surface area (Å²) >= 11 is 0. The van der Waals surface area contributed by atoms with Crippen LogP contribution >= 0.6 is 0 Å². The number of H-pyrrole nitrogens is 1. The lowest BCUT2D eigenvalue weighted by Crippen LogP contribution is -1.95. The van der Waals surface area contributed by atoms with Crippen molar-refractivity contribution in [3.63, 3.8) is 0 Å². The van der Waals surface area contributed by atoms with Gasteiger partial charge in [0.2, 0.25) is 0 Å². The van der Waals surface area contributed by atoms with E-state index >= 15 is 0 Å². The fourth-order valence-corrected chi connectivity index (χ4v) is 2.41. The first kappa shape index (κ1) is 12.3. The lowest BCUT2D eigenvalue weighted by Gasteiger charge is -2.02. The number of pyridine rings is 2. The maximum Gasteiger partial charge on any atom is 0.139 e. The summed E-state index contributed by atoms with van der Waals surface area (Å²) in [6.07, 6.45) is 10.5. The molecule has 4 heterocycles. The van der Waals surface area contributed by atoms with Crippen molar-refractivity contribution in [3.05, 3.63) is 60.9 Å². The maximum atomic E-state index is 8.97. The second kappa shape index (κ2) is 4.82. The van der Waals surface area contributed by atoms with Gasteiger partial charge in [0.05, 0.1) is 17.4 Å². The average molecular weight is 286 g/mol. The van der Waals surface area contributed by atoms with E-state index in [-0.39, 0.29) is 0 Å². The van der Waals surface area contributed by atoms with Crippen LogP contribution in [-0.2, 0) is 0 Å². The van der Waals surface area contributed by atoms with E-state index in [2.05, 4.69) is 26.1 Å². The highest BCUT2D eigenvalue weighted by molar-refractivity contribution is 5.84. The van der Waals surface area contributed by atoms with Crippen LogP contribution in [0.4, 0.5) is 0 Å². The van der Waals surface area contributed by atoms with Gasteiger partial charge in [0, 0.05) is 47.5 Å². The summed E-state index contributed by atoms with van der Waals surface area (Å²) in [7, 11) is 0. The minimum absolute atomic E-state index is 0.530. The van der Waals surface area contributed by atoms with Crippen LogP contribution in [0.3, 0.4) is 0 Å². The van der Waals surface area contributed by atoms with Crippen molar-refractivity contribution < 1.29 is 0 Å². The summed E-state index contributed by atoms with van der Waals surface area (Å²) in [5.41, 5.74) is 4.07. The lowest BCUT2D eigenvalue weighted by atomic mass is 10.1. The van der Waals surface area contributed by atoms with Crippen LogP contribution in [0.5, 0.6) is 0 Å². The van der Waals surface area contributed by atoms with Gasteiger partial charge in [-0.25, -0.2) is 9.67 Å². The molecule has 22 heavy (non-hydrogen) atoms. The van der Waals surface area contributed by atoms with Crippen LogP contribution in [0, 0.1) is 11.3 Å². The average Bonchev–Trinajstić information content (AvgIpc) is 3.23. The summed E-state index contributed by atoms with van der Waals surface area (Å²) in [5.74, 6) is 0. The number of nitrogens with zero attached hydrogens (tertiary/aromatic N) is 5. The molecule has 4 aromatic heterocycles. The number of aromatic amines is 1. The number of rotatable bonds is 2. The third-order valence-electron chi connectivity index (χ3n) is 3.47. The quantitative estimate of drug-likeness (QED) is 0.614. The molecule has 0 aliphatic carbocycles. The highest BCUT2D eigenvalue weighted by atomic mass is 15.3. The minimum atomic E-state index is 0.530. The third-order valence-corrected chi connectivity index (χ3v) is 3.47. The largest absolute Gasteiger partial charge is 0.346 e. The number of aromatic nitrogens is 5. The Morgan fingerprint density at radius 3 is 3.00 bits per heavy atom.